The van der Waals surface area contributed by atoms with Crippen LogP contribution >= 0.6 is 0 Å². The maximum atomic E-state index is 11.1. The summed E-state index contributed by atoms with van der Waals surface area (Å²) in [7, 11) is -4.23. The predicted molar refractivity (Wildman–Crippen MR) is 138 cm³/mol. The van der Waals surface area contributed by atoms with Crippen molar-refractivity contribution in [2.24, 2.45) is 10.2 Å². The van der Waals surface area contributed by atoms with E-state index in [4.69, 9.17) is 4.55 Å². The van der Waals surface area contributed by atoms with Crippen LogP contribution in [0.2, 0.25) is 0 Å². The highest BCUT2D eigenvalue weighted by Gasteiger charge is 2.08. The summed E-state index contributed by atoms with van der Waals surface area (Å²) in [5, 5.41) is 18.3. The molecule has 0 radical (unpaired) electrons. The van der Waals surface area contributed by atoms with Gasteiger partial charge in [-0.3, -0.25) is 4.55 Å². The molecule has 186 valence electrons. The van der Waals surface area contributed by atoms with Gasteiger partial charge in [-0.1, -0.05) is 57.6 Å². The molecule has 2 aromatic rings. The molecule has 0 fully saturated rings. The first-order valence-electron chi connectivity index (χ1n) is 12.4. The van der Waals surface area contributed by atoms with Gasteiger partial charge in [0, 0.05) is 0 Å². The molecule has 6 nitrogen and oxygen atoms in total. The minimum atomic E-state index is -4.23. The van der Waals surface area contributed by atoms with Crippen molar-refractivity contribution in [2.75, 3.05) is 0 Å². The highest BCUT2D eigenvalue weighted by molar-refractivity contribution is 7.85. The lowest BCUT2D eigenvalue weighted by Gasteiger charge is -2.06. The number of benzene rings is 2. The van der Waals surface area contributed by atoms with E-state index in [2.05, 4.69) is 29.3 Å². The number of aryl methyl sites for hydroxylation is 1. The largest absolute Gasteiger partial charge is 0.508 e. The highest BCUT2D eigenvalue weighted by Crippen LogP contribution is 2.28. The number of hydrogen-bond acceptors (Lipinski definition) is 5. The van der Waals surface area contributed by atoms with Crippen LogP contribution in [0.5, 0.6) is 5.75 Å². The maximum absolute atomic E-state index is 11.1. The van der Waals surface area contributed by atoms with Crippen LogP contribution in [0.3, 0.4) is 0 Å². The molecule has 2 N–H and O–H groups in total. The summed E-state index contributed by atoms with van der Waals surface area (Å²) in [6.07, 6.45) is 18.9. The molecular weight excluding hydrogens is 448 g/mol. The SMILES string of the molecule is CCCCCC/C=C/CCCCCCCc1cc(O)ccc1N=Nc1ccc(S(=O)(=O)O)cc1. The Bertz CT molecular complexity index is 1020. The number of rotatable bonds is 16. The topological polar surface area (TPSA) is 99.3 Å². The summed E-state index contributed by atoms with van der Waals surface area (Å²) < 4.78 is 31.3. The fraction of sp³-hybridized carbons (Fsp3) is 0.481. The maximum Gasteiger partial charge on any atom is 0.294 e. The van der Waals surface area contributed by atoms with E-state index in [-0.39, 0.29) is 10.6 Å². The van der Waals surface area contributed by atoms with Crippen molar-refractivity contribution >= 4 is 21.5 Å². The van der Waals surface area contributed by atoms with E-state index >= 15 is 0 Å². The quantitative estimate of drug-likeness (QED) is 0.108. The molecule has 0 aliphatic heterocycles. The molecular formula is C27H38N2O4S. The second-order valence-electron chi connectivity index (χ2n) is 8.61. The van der Waals surface area contributed by atoms with Gasteiger partial charge >= 0.3 is 0 Å². The van der Waals surface area contributed by atoms with Crippen LogP contribution in [0.15, 0.2) is 69.7 Å². The summed E-state index contributed by atoms with van der Waals surface area (Å²) in [6.45, 7) is 2.24. The summed E-state index contributed by atoms with van der Waals surface area (Å²) in [6, 6.07) is 10.6. The Kier molecular flexibility index (Phi) is 12.6. The lowest BCUT2D eigenvalue weighted by molar-refractivity contribution is 0.474. The van der Waals surface area contributed by atoms with Crippen molar-refractivity contribution < 1.29 is 18.1 Å². The third-order valence-corrected chi connectivity index (χ3v) is 6.55. The molecule has 7 heteroatoms. The third-order valence-electron chi connectivity index (χ3n) is 5.68. The molecule has 0 aliphatic carbocycles. The Morgan fingerprint density at radius 1 is 0.794 bits per heavy atom. The van der Waals surface area contributed by atoms with Gasteiger partial charge < -0.3 is 5.11 Å². The Morgan fingerprint density at radius 2 is 1.41 bits per heavy atom. The second-order valence-corrected chi connectivity index (χ2v) is 10.0. The molecule has 0 bridgehead atoms. The van der Waals surface area contributed by atoms with Gasteiger partial charge in [0.05, 0.1) is 16.3 Å². The van der Waals surface area contributed by atoms with Crippen molar-refractivity contribution in [3.63, 3.8) is 0 Å². The molecule has 0 saturated carbocycles. The van der Waals surface area contributed by atoms with Crippen molar-refractivity contribution in [2.45, 2.75) is 88.9 Å². The normalized spacial score (nSPS) is 12.2. The zero-order chi connectivity index (χ0) is 24.7. The van der Waals surface area contributed by atoms with E-state index in [9.17, 15) is 13.5 Å². The van der Waals surface area contributed by atoms with Gasteiger partial charge in [0.2, 0.25) is 0 Å². The van der Waals surface area contributed by atoms with Crippen LogP contribution in [0.1, 0.15) is 83.1 Å². The van der Waals surface area contributed by atoms with Crippen LogP contribution in [-0.4, -0.2) is 18.1 Å². The minimum absolute atomic E-state index is 0.185. The van der Waals surface area contributed by atoms with E-state index in [1.54, 1.807) is 18.2 Å². The summed E-state index contributed by atoms with van der Waals surface area (Å²) in [5.74, 6) is 0.202. The Labute approximate surface area is 204 Å². The molecule has 34 heavy (non-hydrogen) atoms. The molecule has 0 aromatic heterocycles. The molecule has 0 unspecified atom stereocenters. The van der Waals surface area contributed by atoms with E-state index in [1.807, 2.05) is 0 Å². The zero-order valence-electron chi connectivity index (χ0n) is 20.2. The van der Waals surface area contributed by atoms with Crippen molar-refractivity contribution in [3.05, 3.63) is 60.2 Å². The summed E-state index contributed by atoms with van der Waals surface area (Å²) in [5.41, 5.74) is 2.09. The number of azo groups is 1. The number of aromatic hydroxyl groups is 1. The van der Waals surface area contributed by atoms with Crippen molar-refractivity contribution in [1.29, 1.82) is 0 Å². The summed E-state index contributed by atoms with van der Waals surface area (Å²) in [4.78, 5) is -0.185. The Morgan fingerprint density at radius 3 is 2.06 bits per heavy atom. The van der Waals surface area contributed by atoms with Gasteiger partial charge in [0.1, 0.15) is 5.75 Å². The van der Waals surface area contributed by atoms with Crippen LogP contribution in [-0.2, 0) is 16.5 Å². The number of phenolic OH excluding ortho intramolecular Hbond substituents is 1. The molecule has 0 aliphatic rings. The van der Waals surface area contributed by atoms with Gasteiger partial charge in [-0.15, -0.1) is 0 Å². The van der Waals surface area contributed by atoms with Gasteiger partial charge in [-0.2, -0.15) is 18.6 Å². The molecule has 0 amide bonds. The fourth-order valence-corrected chi connectivity index (χ4v) is 4.18. The second kappa shape index (κ2) is 15.4. The fourth-order valence-electron chi connectivity index (χ4n) is 3.70. The number of nitrogens with zero attached hydrogens (tertiary/aromatic N) is 2. The molecule has 2 aromatic carbocycles. The van der Waals surface area contributed by atoms with Gasteiger partial charge in [-0.25, -0.2) is 0 Å². The minimum Gasteiger partial charge on any atom is -0.508 e. The molecule has 2 rings (SSSR count). The van der Waals surface area contributed by atoms with Crippen LogP contribution in [0.4, 0.5) is 11.4 Å². The van der Waals surface area contributed by atoms with E-state index < -0.39 is 10.1 Å². The first kappa shape index (κ1) is 27.7. The monoisotopic (exact) mass is 486 g/mol. The number of phenols is 1. The van der Waals surface area contributed by atoms with Crippen LogP contribution < -0.4 is 0 Å². The highest BCUT2D eigenvalue weighted by atomic mass is 32.2. The van der Waals surface area contributed by atoms with Gasteiger partial charge in [0.25, 0.3) is 10.1 Å². The van der Waals surface area contributed by atoms with Gasteiger partial charge in [0.15, 0.2) is 0 Å². The van der Waals surface area contributed by atoms with Crippen molar-refractivity contribution in [3.8, 4) is 5.75 Å². The van der Waals surface area contributed by atoms with Crippen LogP contribution in [0, 0.1) is 0 Å². The third kappa shape index (κ3) is 11.1. The summed E-state index contributed by atoms with van der Waals surface area (Å²) >= 11 is 0. The first-order chi connectivity index (χ1) is 16.4. The van der Waals surface area contributed by atoms with Crippen molar-refractivity contribution in [1.82, 2.24) is 0 Å². The Balaban J connectivity index is 1.74. The Hall–Kier alpha value is -2.51. The van der Waals surface area contributed by atoms with E-state index in [0.717, 1.165) is 31.2 Å². The van der Waals surface area contributed by atoms with Crippen LogP contribution in [0.25, 0.3) is 0 Å². The first-order valence-corrected chi connectivity index (χ1v) is 13.8. The number of allylic oxidation sites excluding steroid dienone is 2. The molecule has 0 heterocycles. The predicted octanol–water partition coefficient (Wildman–Crippen LogP) is 8.46. The lowest BCUT2D eigenvalue weighted by Crippen LogP contribution is -1.96. The van der Waals surface area contributed by atoms with E-state index in [1.165, 1.54) is 75.6 Å². The average Bonchev–Trinajstić information content (AvgIpc) is 2.81. The molecule has 0 saturated heterocycles. The molecule has 0 spiro atoms. The standard InChI is InChI=1S/C27H38N2O4S/c1-2-3-4-5-6-7-8-9-10-11-12-13-14-15-23-22-25(30)18-21-27(23)29-28-24-16-19-26(20-17-24)34(31,32)33/h7-8,16-22,30H,2-6,9-15H2,1H3,(H,31,32,33)/b8-7+,29-28?. The van der Waals surface area contributed by atoms with Gasteiger partial charge in [-0.05, 0) is 86.6 Å². The number of unbranched alkanes of at least 4 members (excludes halogenated alkanes) is 9. The smallest absolute Gasteiger partial charge is 0.294 e. The molecule has 0 atom stereocenters. The number of hydrogen-bond donors (Lipinski definition) is 2. The average molecular weight is 487 g/mol. The lowest BCUT2D eigenvalue weighted by atomic mass is 10.0. The zero-order valence-corrected chi connectivity index (χ0v) is 21.0. The van der Waals surface area contributed by atoms with E-state index in [0.29, 0.717) is 11.4 Å².